The Morgan fingerprint density at radius 2 is 2.00 bits per heavy atom. The molecule has 1 rings (SSSR count). The first-order valence-electron chi connectivity index (χ1n) is 5.77. The van der Waals surface area contributed by atoms with Crippen LogP contribution in [0.15, 0.2) is 23.1 Å². The summed E-state index contributed by atoms with van der Waals surface area (Å²) in [4.78, 5) is 10.9. The van der Waals surface area contributed by atoms with Crippen molar-refractivity contribution >= 4 is 27.6 Å². The van der Waals surface area contributed by atoms with Gasteiger partial charge in [0.15, 0.2) is 0 Å². The number of sulfonamides is 1. The standard InChI is InChI=1S/C12H16ClNO5S/c1-7(2)11(12(15)16)14-20(17,18)10-6-8(19-3)4-5-9(10)13/h4-7,11,14H,1-3H3,(H,15,16)/t11-/m1/s1. The van der Waals surface area contributed by atoms with Gasteiger partial charge in [-0.05, 0) is 18.1 Å². The van der Waals surface area contributed by atoms with Crippen LogP contribution in [0, 0.1) is 5.92 Å². The zero-order valence-electron chi connectivity index (χ0n) is 11.3. The van der Waals surface area contributed by atoms with Crippen LogP contribution in [0.25, 0.3) is 0 Å². The molecule has 0 aliphatic heterocycles. The highest BCUT2D eigenvalue weighted by molar-refractivity contribution is 7.89. The van der Waals surface area contributed by atoms with Crippen molar-refractivity contribution in [1.29, 1.82) is 0 Å². The van der Waals surface area contributed by atoms with Crippen molar-refractivity contribution in [2.24, 2.45) is 5.92 Å². The number of benzene rings is 1. The monoisotopic (exact) mass is 321 g/mol. The summed E-state index contributed by atoms with van der Waals surface area (Å²) in [6.07, 6.45) is 0. The van der Waals surface area contributed by atoms with Gasteiger partial charge in [0.25, 0.3) is 0 Å². The molecule has 0 spiro atoms. The maximum Gasteiger partial charge on any atom is 0.322 e. The summed E-state index contributed by atoms with van der Waals surface area (Å²) < 4.78 is 31.5. The molecule has 8 heteroatoms. The molecule has 0 aliphatic carbocycles. The fraction of sp³-hybridized carbons (Fsp3) is 0.417. The van der Waals surface area contributed by atoms with E-state index in [1.54, 1.807) is 13.8 Å². The van der Waals surface area contributed by atoms with E-state index in [0.717, 1.165) is 0 Å². The van der Waals surface area contributed by atoms with Crippen LogP contribution in [0.4, 0.5) is 0 Å². The molecule has 112 valence electrons. The molecule has 0 aromatic heterocycles. The van der Waals surface area contributed by atoms with Crippen LogP contribution in [0.2, 0.25) is 5.02 Å². The molecule has 0 saturated carbocycles. The molecule has 1 aromatic rings. The van der Waals surface area contributed by atoms with Gasteiger partial charge < -0.3 is 9.84 Å². The minimum atomic E-state index is -4.06. The third-order valence-electron chi connectivity index (χ3n) is 2.64. The molecule has 0 radical (unpaired) electrons. The van der Waals surface area contributed by atoms with Crippen LogP contribution in [-0.2, 0) is 14.8 Å². The second kappa shape index (κ2) is 6.43. The van der Waals surface area contributed by atoms with Crippen molar-refractivity contribution < 1.29 is 23.1 Å². The molecule has 0 heterocycles. The summed E-state index contributed by atoms with van der Waals surface area (Å²) in [6, 6.07) is 2.89. The fourth-order valence-electron chi connectivity index (χ4n) is 1.52. The first kappa shape index (κ1) is 16.7. The molecule has 0 amide bonds. The van der Waals surface area contributed by atoms with E-state index in [1.807, 2.05) is 0 Å². The van der Waals surface area contributed by atoms with Gasteiger partial charge in [-0.2, -0.15) is 4.72 Å². The highest BCUT2D eigenvalue weighted by Gasteiger charge is 2.29. The quantitative estimate of drug-likeness (QED) is 0.832. The number of methoxy groups -OCH3 is 1. The zero-order valence-corrected chi connectivity index (χ0v) is 12.8. The molecule has 0 aliphatic rings. The molecular formula is C12H16ClNO5S. The fourth-order valence-corrected chi connectivity index (χ4v) is 3.37. The van der Waals surface area contributed by atoms with Crippen LogP contribution in [-0.4, -0.2) is 32.6 Å². The Morgan fingerprint density at radius 1 is 1.40 bits per heavy atom. The van der Waals surface area contributed by atoms with Crippen LogP contribution >= 0.6 is 11.6 Å². The molecule has 1 atom stereocenters. The summed E-state index contributed by atoms with van der Waals surface area (Å²) in [5.41, 5.74) is 0. The van der Waals surface area contributed by atoms with E-state index in [2.05, 4.69) is 4.72 Å². The Morgan fingerprint density at radius 3 is 2.45 bits per heavy atom. The number of carboxylic acid groups (broad SMARTS) is 1. The lowest BCUT2D eigenvalue weighted by atomic mass is 10.1. The van der Waals surface area contributed by atoms with E-state index in [-0.39, 0.29) is 9.92 Å². The van der Waals surface area contributed by atoms with Gasteiger partial charge in [0.1, 0.15) is 16.7 Å². The number of hydrogen-bond acceptors (Lipinski definition) is 4. The summed E-state index contributed by atoms with van der Waals surface area (Å²) in [6.45, 7) is 3.21. The van der Waals surface area contributed by atoms with Gasteiger partial charge in [0.2, 0.25) is 10.0 Å². The van der Waals surface area contributed by atoms with E-state index >= 15 is 0 Å². The lowest BCUT2D eigenvalue weighted by molar-refractivity contribution is -0.140. The predicted molar refractivity (Wildman–Crippen MR) is 74.6 cm³/mol. The largest absolute Gasteiger partial charge is 0.497 e. The topological polar surface area (TPSA) is 92.7 Å². The second-order valence-electron chi connectivity index (χ2n) is 4.48. The Bertz CT molecular complexity index is 600. The number of ether oxygens (including phenoxy) is 1. The van der Waals surface area contributed by atoms with Crippen LogP contribution in [0.1, 0.15) is 13.8 Å². The van der Waals surface area contributed by atoms with E-state index in [0.29, 0.717) is 5.75 Å². The number of halogens is 1. The third kappa shape index (κ3) is 3.84. The number of hydrogen-bond donors (Lipinski definition) is 2. The van der Waals surface area contributed by atoms with Gasteiger partial charge in [0, 0.05) is 6.07 Å². The minimum Gasteiger partial charge on any atom is -0.497 e. The van der Waals surface area contributed by atoms with Crippen molar-refractivity contribution in [3.8, 4) is 5.75 Å². The number of carboxylic acids is 1. The summed E-state index contributed by atoms with van der Waals surface area (Å²) in [5, 5.41) is 9.03. The number of aliphatic carboxylic acids is 1. The average molecular weight is 322 g/mol. The first-order chi connectivity index (χ1) is 9.19. The van der Waals surface area contributed by atoms with Crippen molar-refractivity contribution in [2.45, 2.75) is 24.8 Å². The Kier molecular flexibility index (Phi) is 5.38. The summed E-state index contributed by atoms with van der Waals surface area (Å²) in [7, 11) is -2.67. The molecule has 0 saturated heterocycles. The first-order valence-corrected chi connectivity index (χ1v) is 7.64. The van der Waals surface area contributed by atoms with Crippen molar-refractivity contribution in [3.05, 3.63) is 23.2 Å². The van der Waals surface area contributed by atoms with E-state index in [1.165, 1.54) is 25.3 Å². The Hall–Kier alpha value is -1.31. The number of nitrogens with one attached hydrogen (secondary N) is 1. The third-order valence-corrected chi connectivity index (χ3v) is 4.57. The maximum absolute atomic E-state index is 12.2. The van der Waals surface area contributed by atoms with Gasteiger partial charge in [-0.1, -0.05) is 25.4 Å². The van der Waals surface area contributed by atoms with Gasteiger partial charge >= 0.3 is 5.97 Å². The smallest absolute Gasteiger partial charge is 0.322 e. The van der Waals surface area contributed by atoms with Gasteiger partial charge in [-0.3, -0.25) is 4.79 Å². The maximum atomic E-state index is 12.2. The lowest BCUT2D eigenvalue weighted by Crippen LogP contribution is -2.44. The minimum absolute atomic E-state index is 0.00815. The molecule has 6 nitrogen and oxygen atoms in total. The van der Waals surface area contributed by atoms with Gasteiger partial charge in [0.05, 0.1) is 12.1 Å². The summed E-state index contributed by atoms with van der Waals surface area (Å²) >= 11 is 5.86. The normalized spacial score (nSPS) is 13.2. The van der Waals surface area contributed by atoms with Gasteiger partial charge in [-0.15, -0.1) is 0 Å². The highest BCUT2D eigenvalue weighted by Crippen LogP contribution is 2.26. The molecule has 2 N–H and O–H groups in total. The molecule has 1 aromatic carbocycles. The molecule has 0 fully saturated rings. The summed E-state index contributed by atoms with van der Waals surface area (Å²) in [5.74, 6) is -1.35. The highest BCUT2D eigenvalue weighted by atomic mass is 35.5. The van der Waals surface area contributed by atoms with Crippen molar-refractivity contribution in [2.75, 3.05) is 7.11 Å². The van der Waals surface area contributed by atoms with Crippen molar-refractivity contribution in [1.82, 2.24) is 4.72 Å². The van der Waals surface area contributed by atoms with E-state index in [4.69, 9.17) is 21.4 Å². The van der Waals surface area contributed by atoms with Crippen molar-refractivity contribution in [3.63, 3.8) is 0 Å². The Labute approximate surface area is 122 Å². The van der Waals surface area contributed by atoms with Crippen LogP contribution in [0.3, 0.4) is 0 Å². The second-order valence-corrected chi connectivity index (χ2v) is 6.57. The predicted octanol–water partition coefficient (Wildman–Crippen LogP) is 1.74. The number of rotatable bonds is 6. The van der Waals surface area contributed by atoms with Crippen LogP contribution < -0.4 is 9.46 Å². The lowest BCUT2D eigenvalue weighted by Gasteiger charge is -2.18. The molecule has 20 heavy (non-hydrogen) atoms. The van der Waals surface area contributed by atoms with E-state index < -0.39 is 28.0 Å². The Balaban J connectivity index is 3.20. The van der Waals surface area contributed by atoms with E-state index in [9.17, 15) is 13.2 Å². The van der Waals surface area contributed by atoms with Crippen LogP contribution in [0.5, 0.6) is 5.75 Å². The average Bonchev–Trinajstić information content (AvgIpc) is 2.35. The zero-order chi connectivity index (χ0) is 15.5. The number of carbonyl (C=O) groups is 1. The molecular weight excluding hydrogens is 306 g/mol. The molecule has 0 unspecified atom stereocenters. The SMILES string of the molecule is COc1ccc(Cl)c(S(=O)(=O)N[C@@H](C(=O)O)C(C)C)c1. The molecule has 0 bridgehead atoms. The van der Waals surface area contributed by atoms with Gasteiger partial charge in [-0.25, -0.2) is 8.42 Å².